The average Bonchev–Trinajstić information content (AvgIpc) is 3.07. The van der Waals surface area contributed by atoms with E-state index in [1.165, 1.54) is 18.4 Å². The zero-order valence-corrected chi connectivity index (χ0v) is 12.1. The summed E-state index contributed by atoms with van der Waals surface area (Å²) in [4.78, 5) is 12.6. The Kier molecular flexibility index (Phi) is 2.58. The number of esters is 1. The minimum absolute atomic E-state index is 0.214. The van der Waals surface area contributed by atoms with Crippen LogP contribution in [-0.2, 0) is 14.9 Å². The summed E-state index contributed by atoms with van der Waals surface area (Å²) < 4.78 is 6.61. The Morgan fingerprint density at radius 3 is 2.71 bits per heavy atom. The normalized spacial score (nSPS) is 16.0. The first-order chi connectivity index (χ1) is 10.2. The van der Waals surface area contributed by atoms with Crippen LogP contribution in [-0.4, -0.2) is 32.9 Å². The maximum absolute atomic E-state index is 11.9. The summed E-state index contributed by atoms with van der Waals surface area (Å²) >= 11 is 1.40. The van der Waals surface area contributed by atoms with E-state index >= 15 is 0 Å². The SMILES string of the molecule is COC(=O)C1(c2nn3c(-c4ccccc4)nnc3s2)CC1. The lowest BCUT2D eigenvalue weighted by Gasteiger charge is -2.07. The van der Waals surface area contributed by atoms with Gasteiger partial charge in [0.05, 0.1) is 7.11 Å². The van der Waals surface area contributed by atoms with E-state index in [4.69, 9.17) is 4.74 Å². The molecule has 3 aromatic rings. The summed E-state index contributed by atoms with van der Waals surface area (Å²) in [6, 6.07) is 9.76. The van der Waals surface area contributed by atoms with Crippen molar-refractivity contribution in [2.24, 2.45) is 0 Å². The number of nitrogens with zero attached hydrogens (tertiary/aromatic N) is 4. The first kappa shape index (κ1) is 12.5. The summed E-state index contributed by atoms with van der Waals surface area (Å²) in [6.45, 7) is 0. The van der Waals surface area contributed by atoms with Crippen molar-refractivity contribution in [2.75, 3.05) is 7.11 Å². The molecular weight excluding hydrogens is 288 g/mol. The smallest absolute Gasteiger partial charge is 0.318 e. The molecule has 1 aliphatic carbocycles. The summed E-state index contributed by atoms with van der Waals surface area (Å²) in [7, 11) is 1.41. The molecule has 106 valence electrons. The summed E-state index contributed by atoms with van der Waals surface area (Å²) in [6.07, 6.45) is 1.56. The molecule has 0 bridgehead atoms. The van der Waals surface area contributed by atoms with E-state index in [1.54, 1.807) is 4.52 Å². The molecule has 1 saturated carbocycles. The Hall–Kier alpha value is -2.28. The van der Waals surface area contributed by atoms with Crippen LogP contribution in [0.25, 0.3) is 16.3 Å². The van der Waals surface area contributed by atoms with Crippen molar-refractivity contribution in [1.82, 2.24) is 19.8 Å². The quantitative estimate of drug-likeness (QED) is 0.692. The Morgan fingerprint density at radius 1 is 1.29 bits per heavy atom. The largest absolute Gasteiger partial charge is 0.468 e. The maximum atomic E-state index is 11.9. The van der Waals surface area contributed by atoms with Crippen LogP contribution >= 0.6 is 11.3 Å². The highest BCUT2D eigenvalue weighted by Gasteiger charge is 2.55. The van der Waals surface area contributed by atoms with Gasteiger partial charge in [-0.15, -0.1) is 10.2 Å². The van der Waals surface area contributed by atoms with Gasteiger partial charge in [0.2, 0.25) is 4.96 Å². The predicted molar refractivity (Wildman–Crippen MR) is 77.0 cm³/mol. The van der Waals surface area contributed by atoms with Crippen LogP contribution < -0.4 is 0 Å². The number of hydrogen-bond donors (Lipinski definition) is 0. The summed E-state index contributed by atoms with van der Waals surface area (Å²) in [5.41, 5.74) is 0.387. The van der Waals surface area contributed by atoms with Crippen molar-refractivity contribution in [3.63, 3.8) is 0 Å². The Balaban J connectivity index is 1.82. The molecule has 0 radical (unpaired) electrons. The van der Waals surface area contributed by atoms with Gasteiger partial charge in [0.25, 0.3) is 0 Å². The first-order valence-corrected chi connectivity index (χ1v) is 7.43. The second-order valence-electron chi connectivity index (χ2n) is 5.06. The molecule has 1 fully saturated rings. The zero-order valence-electron chi connectivity index (χ0n) is 11.3. The standard InChI is InChI=1S/C14H12N4O2S/c1-20-12(19)14(7-8-14)11-17-18-10(15-16-13(18)21-11)9-5-3-2-4-6-9/h2-6H,7-8H2,1H3. The maximum Gasteiger partial charge on any atom is 0.318 e. The highest BCUT2D eigenvalue weighted by atomic mass is 32.1. The van der Waals surface area contributed by atoms with E-state index in [0.29, 0.717) is 10.8 Å². The monoisotopic (exact) mass is 300 g/mol. The molecule has 4 rings (SSSR count). The van der Waals surface area contributed by atoms with Gasteiger partial charge in [0.15, 0.2) is 5.82 Å². The molecule has 2 aromatic heterocycles. The van der Waals surface area contributed by atoms with Crippen molar-refractivity contribution < 1.29 is 9.53 Å². The van der Waals surface area contributed by atoms with Gasteiger partial charge in [0, 0.05) is 5.56 Å². The molecule has 0 spiro atoms. The van der Waals surface area contributed by atoms with Gasteiger partial charge in [-0.3, -0.25) is 4.79 Å². The number of ether oxygens (including phenoxy) is 1. The van der Waals surface area contributed by atoms with Crippen LogP contribution in [0.1, 0.15) is 17.8 Å². The van der Waals surface area contributed by atoms with Crippen molar-refractivity contribution >= 4 is 22.3 Å². The van der Waals surface area contributed by atoms with E-state index in [-0.39, 0.29) is 5.97 Å². The minimum atomic E-state index is -0.561. The molecule has 6 nitrogen and oxygen atoms in total. The van der Waals surface area contributed by atoms with Crippen LogP contribution in [0.3, 0.4) is 0 Å². The van der Waals surface area contributed by atoms with Crippen LogP contribution in [0, 0.1) is 0 Å². The third-order valence-corrected chi connectivity index (χ3v) is 4.86. The third kappa shape index (κ3) is 1.77. The number of carbonyl (C=O) groups is 1. The van der Waals surface area contributed by atoms with Gasteiger partial charge in [-0.2, -0.15) is 9.61 Å². The van der Waals surface area contributed by atoms with Gasteiger partial charge in [0.1, 0.15) is 10.4 Å². The van der Waals surface area contributed by atoms with E-state index < -0.39 is 5.41 Å². The lowest BCUT2D eigenvalue weighted by atomic mass is 10.1. The van der Waals surface area contributed by atoms with E-state index in [9.17, 15) is 4.79 Å². The lowest BCUT2D eigenvalue weighted by molar-refractivity contribution is -0.143. The molecule has 0 atom stereocenters. The molecule has 7 heteroatoms. The molecule has 1 aliphatic rings. The number of fused-ring (bicyclic) bond motifs is 1. The lowest BCUT2D eigenvalue weighted by Crippen LogP contribution is -2.21. The molecule has 2 heterocycles. The van der Waals surface area contributed by atoms with Crippen molar-refractivity contribution in [3.8, 4) is 11.4 Å². The fraction of sp³-hybridized carbons (Fsp3) is 0.286. The van der Waals surface area contributed by atoms with Crippen LogP contribution in [0.15, 0.2) is 30.3 Å². The molecule has 0 saturated heterocycles. The average molecular weight is 300 g/mol. The third-order valence-electron chi connectivity index (χ3n) is 3.76. The van der Waals surface area contributed by atoms with Gasteiger partial charge >= 0.3 is 5.97 Å². The molecule has 21 heavy (non-hydrogen) atoms. The summed E-state index contributed by atoms with van der Waals surface area (Å²) in [5, 5.41) is 13.7. The number of carbonyl (C=O) groups excluding carboxylic acids is 1. The van der Waals surface area contributed by atoms with Crippen LogP contribution in [0.5, 0.6) is 0 Å². The highest BCUT2D eigenvalue weighted by Crippen LogP contribution is 2.50. The topological polar surface area (TPSA) is 69.4 Å². The minimum Gasteiger partial charge on any atom is -0.468 e. The number of benzene rings is 1. The molecule has 0 amide bonds. The second-order valence-corrected chi connectivity index (χ2v) is 6.02. The summed E-state index contributed by atoms with van der Waals surface area (Å²) in [5.74, 6) is 0.475. The van der Waals surface area contributed by atoms with Crippen molar-refractivity contribution in [1.29, 1.82) is 0 Å². The molecule has 1 aromatic carbocycles. The predicted octanol–water partition coefficient (Wildman–Crippen LogP) is 2.06. The Labute approximate surface area is 124 Å². The van der Waals surface area contributed by atoms with Crippen molar-refractivity contribution in [2.45, 2.75) is 18.3 Å². The number of hydrogen-bond acceptors (Lipinski definition) is 6. The van der Waals surface area contributed by atoms with Crippen molar-refractivity contribution in [3.05, 3.63) is 35.3 Å². The fourth-order valence-electron chi connectivity index (χ4n) is 2.40. The van der Waals surface area contributed by atoms with E-state index in [1.807, 2.05) is 30.3 Å². The zero-order chi connectivity index (χ0) is 14.4. The molecule has 0 aliphatic heterocycles. The van der Waals surface area contributed by atoms with Gasteiger partial charge in [-0.05, 0) is 12.8 Å². The van der Waals surface area contributed by atoms with Gasteiger partial charge < -0.3 is 4.74 Å². The Bertz CT molecular complexity index is 820. The second kappa shape index (κ2) is 4.36. The van der Waals surface area contributed by atoms with E-state index in [0.717, 1.165) is 23.4 Å². The Morgan fingerprint density at radius 2 is 2.05 bits per heavy atom. The van der Waals surface area contributed by atoms with E-state index in [2.05, 4.69) is 15.3 Å². The van der Waals surface area contributed by atoms with Crippen LogP contribution in [0.2, 0.25) is 0 Å². The number of methoxy groups -OCH3 is 1. The molecule has 0 unspecified atom stereocenters. The number of aromatic nitrogens is 4. The highest BCUT2D eigenvalue weighted by molar-refractivity contribution is 7.17. The van der Waals surface area contributed by atoms with Gasteiger partial charge in [-0.1, -0.05) is 41.7 Å². The fourth-order valence-corrected chi connectivity index (χ4v) is 3.48. The van der Waals surface area contributed by atoms with Crippen LogP contribution in [0.4, 0.5) is 0 Å². The molecule has 0 N–H and O–H groups in total. The molecular formula is C14H12N4O2S. The number of rotatable bonds is 3. The van der Waals surface area contributed by atoms with Gasteiger partial charge in [-0.25, -0.2) is 0 Å². The first-order valence-electron chi connectivity index (χ1n) is 6.61.